The highest BCUT2D eigenvalue weighted by molar-refractivity contribution is 5.08. The number of aliphatic hydroxyl groups excluding tert-OH is 1. The van der Waals surface area contributed by atoms with Crippen LogP contribution in [-0.4, -0.2) is 28.6 Å². The summed E-state index contributed by atoms with van der Waals surface area (Å²) in [5.41, 5.74) is 0.790. The third kappa shape index (κ3) is 3.80. The van der Waals surface area contributed by atoms with Crippen molar-refractivity contribution in [3.8, 4) is 0 Å². The van der Waals surface area contributed by atoms with E-state index in [0.29, 0.717) is 5.92 Å². The maximum Gasteiger partial charge on any atom is 0.136 e. The Morgan fingerprint density at radius 3 is 2.56 bits per heavy atom. The van der Waals surface area contributed by atoms with E-state index < -0.39 is 0 Å². The minimum Gasteiger partial charge on any atom is -0.390 e. The summed E-state index contributed by atoms with van der Waals surface area (Å²) in [4.78, 5) is 0. The number of hydrogen-bond acceptors (Lipinski definition) is 4. The van der Waals surface area contributed by atoms with Crippen molar-refractivity contribution in [2.45, 2.75) is 89.3 Å². The molecule has 4 nitrogen and oxygen atoms in total. The Balaban J connectivity index is 1.11. The van der Waals surface area contributed by atoms with Crippen molar-refractivity contribution in [2.75, 3.05) is 6.61 Å². The fourth-order valence-electron chi connectivity index (χ4n) is 5.88. The zero-order chi connectivity index (χ0) is 17.3. The molecular formula is C21H33NO3. The molecule has 0 spiro atoms. The first-order valence-corrected chi connectivity index (χ1v) is 10.4. The number of aromatic nitrogens is 1. The van der Waals surface area contributed by atoms with Gasteiger partial charge in [-0.15, -0.1) is 0 Å². The number of aryl methyl sites for hydroxylation is 2. The Morgan fingerprint density at radius 2 is 1.84 bits per heavy atom. The molecular weight excluding hydrogens is 314 g/mol. The predicted octanol–water partition coefficient (Wildman–Crippen LogP) is 4.43. The third-order valence-corrected chi connectivity index (χ3v) is 6.83. The van der Waals surface area contributed by atoms with Gasteiger partial charge >= 0.3 is 0 Å². The van der Waals surface area contributed by atoms with E-state index in [1.807, 2.05) is 13.0 Å². The van der Waals surface area contributed by atoms with Crippen LogP contribution < -0.4 is 0 Å². The Labute approximate surface area is 151 Å². The van der Waals surface area contributed by atoms with E-state index in [2.05, 4.69) is 5.16 Å². The molecule has 0 amide bonds. The highest BCUT2D eigenvalue weighted by atomic mass is 16.5. The van der Waals surface area contributed by atoms with Gasteiger partial charge in [0.25, 0.3) is 0 Å². The van der Waals surface area contributed by atoms with Crippen molar-refractivity contribution < 1.29 is 14.4 Å². The van der Waals surface area contributed by atoms with Gasteiger partial charge in [-0.1, -0.05) is 24.4 Å². The van der Waals surface area contributed by atoms with Crippen LogP contribution in [0.5, 0.6) is 0 Å². The molecule has 1 aromatic heterocycles. The van der Waals surface area contributed by atoms with Crippen LogP contribution in [0.4, 0.5) is 0 Å². The standard InChI is InChI=1S/C21H33NO3/c1-15-9-19(25-22-15)7-5-3-2-4-6-8-24-21-13-16-10-17(14-21)12-18(11-16)20(21)23/h9,16-18,20,23H,2-8,10-14H2,1H3. The van der Waals surface area contributed by atoms with Gasteiger partial charge in [0.2, 0.25) is 0 Å². The average molecular weight is 347 g/mol. The smallest absolute Gasteiger partial charge is 0.136 e. The number of rotatable bonds is 9. The predicted molar refractivity (Wildman–Crippen MR) is 96.3 cm³/mol. The van der Waals surface area contributed by atoms with Crippen LogP contribution >= 0.6 is 0 Å². The molecule has 0 aliphatic heterocycles. The van der Waals surface area contributed by atoms with Crippen molar-refractivity contribution in [3.05, 3.63) is 17.5 Å². The van der Waals surface area contributed by atoms with Crippen molar-refractivity contribution in [2.24, 2.45) is 17.8 Å². The van der Waals surface area contributed by atoms with Crippen molar-refractivity contribution in [1.29, 1.82) is 0 Å². The van der Waals surface area contributed by atoms with Crippen LogP contribution in [0, 0.1) is 24.7 Å². The summed E-state index contributed by atoms with van der Waals surface area (Å²) in [7, 11) is 0. The van der Waals surface area contributed by atoms with Crippen molar-refractivity contribution in [1.82, 2.24) is 5.16 Å². The number of hydrogen-bond donors (Lipinski definition) is 1. The van der Waals surface area contributed by atoms with Gasteiger partial charge in [-0.25, -0.2) is 0 Å². The van der Waals surface area contributed by atoms with Gasteiger partial charge in [0.1, 0.15) is 5.76 Å². The lowest BCUT2D eigenvalue weighted by Gasteiger charge is -2.59. The molecule has 5 rings (SSSR count). The molecule has 1 N–H and O–H groups in total. The lowest BCUT2D eigenvalue weighted by Crippen LogP contribution is -2.61. The molecule has 4 aliphatic carbocycles. The molecule has 25 heavy (non-hydrogen) atoms. The van der Waals surface area contributed by atoms with E-state index >= 15 is 0 Å². The van der Waals surface area contributed by atoms with Gasteiger partial charge in [0.15, 0.2) is 0 Å². The van der Waals surface area contributed by atoms with Crippen molar-refractivity contribution in [3.63, 3.8) is 0 Å². The van der Waals surface area contributed by atoms with Crippen LogP contribution in [0.3, 0.4) is 0 Å². The van der Waals surface area contributed by atoms with E-state index in [-0.39, 0.29) is 11.7 Å². The first-order valence-electron chi connectivity index (χ1n) is 10.4. The Morgan fingerprint density at radius 1 is 1.12 bits per heavy atom. The largest absolute Gasteiger partial charge is 0.390 e. The number of aliphatic hydroxyl groups is 1. The molecule has 4 fully saturated rings. The Hall–Kier alpha value is -0.870. The summed E-state index contributed by atoms with van der Waals surface area (Å²) in [5.74, 6) is 3.17. The molecule has 1 heterocycles. The second kappa shape index (κ2) is 7.40. The minimum atomic E-state index is -0.203. The topological polar surface area (TPSA) is 55.5 Å². The SMILES string of the molecule is Cc1cc(CCCCCCCOC23CC4CC(CC(C4)C2O)C3)on1. The average Bonchev–Trinajstić information content (AvgIpc) is 2.99. The zero-order valence-corrected chi connectivity index (χ0v) is 15.6. The molecule has 4 aliphatic rings. The second-order valence-electron chi connectivity index (χ2n) is 8.92. The number of ether oxygens (including phenoxy) is 1. The van der Waals surface area contributed by atoms with E-state index in [9.17, 15) is 5.11 Å². The first kappa shape index (κ1) is 17.5. The summed E-state index contributed by atoms with van der Waals surface area (Å²) in [5, 5.41) is 14.6. The highest BCUT2D eigenvalue weighted by Gasteiger charge is 2.57. The monoisotopic (exact) mass is 347 g/mol. The van der Waals surface area contributed by atoms with Crippen LogP contribution in [0.15, 0.2) is 10.6 Å². The lowest BCUT2D eigenvalue weighted by atomic mass is 9.53. The van der Waals surface area contributed by atoms with Gasteiger partial charge in [-0.2, -0.15) is 0 Å². The maximum atomic E-state index is 10.7. The lowest BCUT2D eigenvalue weighted by molar-refractivity contribution is -0.229. The summed E-state index contributed by atoms with van der Waals surface area (Å²) < 4.78 is 11.6. The number of unbranched alkanes of at least 4 members (excludes halogenated alkanes) is 4. The van der Waals surface area contributed by atoms with Crippen LogP contribution in [-0.2, 0) is 11.2 Å². The first-order chi connectivity index (χ1) is 12.1. The van der Waals surface area contributed by atoms with Gasteiger partial charge in [0.05, 0.1) is 17.4 Å². The van der Waals surface area contributed by atoms with E-state index in [0.717, 1.165) is 55.6 Å². The molecule has 4 heteroatoms. The van der Waals surface area contributed by atoms with Crippen LogP contribution in [0.25, 0.3) is 0 Å². The van der Waals surface area contributed by atoms with Crippen molar-refractivity contribution >= 4 is 0 Å². The Bertz CT molecular complexity index is 555. The molecule has 0 saturated heterocycles. The summed E-state index contributed by atoms with van der Waals surface area (Å²) in [6.07, 6.45) is 12.9. The van der Waals surface area contributed by atoms with Gasteiger partial charge in [-0.3, -0.25) is 0 Å². The third-order valence-electron chi connectivity index (χ3n) is 6.83. The molecule has 4 bridgehead atoms. The summed E-state index contributed by atoms with van der Waals surface area (Å²) in [6, 6.07) is 2.03. The summed E-state index contributed by atoms with van der Waals surface area (Å²) >= 11 is 0. The second-order valence-corrected chi connectivity index (χ2v) is 8.92. The van der Waals surface area contributed by atoms with Gasteiger partial charge in [0, 0.05) is 19.1 Å². The van der Waals surface area contributed by atoms with Crippen LogP contribution in [0.2, 0.25) is 0 Å². The maximum absolute atomic E-state index is 10.7. The number of nitrogens with zero attached hydrogens (tertiary/aromatic N) is 1. The van der Waals surface area contributed by atoms with Crippen LogP contribution in [0.1, 0.15) is 75.7 Å². The molecule has 3 unspecified atom stereocenters. The highest BCUT2D eigenvalue weighted by Crippen LogP contribution is 2.57. The molecule has 3 atom stereocenters. The fourth-order valence-corrected chi connectivity index (χ4v) is 5.88. The molecule has 0 aromatic carbocycles. The molecule has 1 aromatic rings. The Kier molecular flexibility index (Phi) is 5.19. The van der Waals surface area contributed by atoms with E-state index in [1.165, 1.54) is 44.9 Å². The minimum absolute atomic E-state index is 0.182. The van der Waals surface area contributed by atoms with E-state index in [4.69, 9.17) is 9.26 Å². The quantitative estimate of drug-likeness (QED) is 0.671. The molecule has 140 valence electrons. The molecule has 0 radical (unpaired) electrons. The summed E-state index contributed by atoms with van der Waals surface area (Å²) in [6.45, 7) is 2.79. The molecule has 4 saturated carbocycles. The van der Waals surface area contributed by atoms with Gasteiger partial charge < -0.3 is 14.4 Å². The normalized spacial score (nSPS) is 36.2. The fraction of sp³-hybridized carbons (Fsp3) is 0.857. The van der Waals surface area contributed by atoms with E-state index in [1.54, 1.807) is 0 Å². The van der Waals surface area contributed by atoms with Gasteiger partial charge in [-0.05, 0) is 69.6 Å². The zero-order valence-electron chi connectivity index (χ0n) is 15.6.